The van der Waals surface area contributed by atoms with Crippen molar-refractivity contribution in [3.63, 3.8) is 0 Å². The molecule has 0 spiro atoms. The monoisotopic (exact) mass is 271 g/mol. The molecule has 0 atom stereocenters. The molecule has 0 bridgehead atoms. The largest absolute Gasteiger partial charge is 0.335 e. The van der Waals surface area contributed by atoms with Crippen LogP contribution in [0.25, 0.3) is 5.70 Å². The van der Waals surface area contributed by atoms with Crippen molar-refractivity contribution in [1.29, 1.82) is 0 Å². The summed E-state index contributed by atoms with van der Waals surface area (Å²) in [5.41, 5.74) is 3.63. The highest BCUT2D eigenvalue weighted by atomic mass is 19.3. The zero-order chi connectivity index (χ0) is 14.7. The maximum Gasteiger partial charge on any atom is 0.256 e. The highest BCUT2D eigenvalue weighted by Crippen LogP contribution is 2.31. The first kappa shape index (κ1) is 14.1. The van der Waals surface area contributed by atoms with Gasteiger partial charge in [-0.15, -0.1) is 6.42 Å². The number of hydrogen-bond donors (Lipinski definition) is 0. The number of halogens is 2. The van der Waals surface area contributed by atoms with E-state index in [1.54, 1.807) is 12.2 Å². The number of benzene rings is 1. The lowest BCUT2D eigenvalue weighted by Gasteiger charge is -2.31. The lowest BCUT2D eigenvalue weighted by molar-refractivity contribution is 0.123. The average Bonchev–Trinajstić information content (AvgIpc) is 2.42. The summed E-state index contributed by atoms with van der Waals surface area (Å²) in [5, 5.41) is 0. The van der Waals surface area contributed by atoms with Crippen molar-refractivity contribution < 1.29 is 8.78 Å². The molecule has 2 rings (SSSR count). The Balaban J connectivity index is 2.44. The maximum atomic E-state index is 12.8. The van der Waals surface area contributed by atoms with Crippen LogP contribution in [-0.4, -0.2) is 17.9 Å². The predicted octanol–water partition coefficient (Wildman–Crippen LogP) is 3.99. The summed E-state index contributed by atoms with van der Waals surface area (Å²) in [4.78, 5) is 1.48. The van der Waals surface area contributed by atoms with Gasteiger partial charge in [0, 0.05) is 17.0 Å². The minimum atomic E-state index is -2.46. The Morgan fingerprint density at radius 3 is 2.45 bits per heavy atom. The van der Waals surface area contributed by atoms with Crippen LogP contribution < -0.4 is 0 Å². The van der Waals surface area contributed by atoms with E-state index in [4.69, 9.17) is 6.42 Å². The molecule has 1 aliphatic heterocycles. The minimum absolute atomic E-state index is 0.419. The summed E-state index contributed by atoms with van der Waals surface area (Å²) in [6.07, 6.45) is 6.40. The van der Waals surface area contributed by atoms with Gasteiger partial charge in [-0.05, 0) is 24.6 Å². The van der Waals surface area contributed by atoms with Crippen molar-refractivity contribution in [2.75, 3.05) is 6.54 Å². The molecule has 1 nitrogen and oxygen atoms in total. The van der Waals surface area contributed by atoms with E-state index in [2.05, 4.69) is 12.5 Å². The van der Waals surface area contributed by atoms with E-state index in [1.807, 2.05) is 31.2 Å². The number of hydrogen-bond acceptors (Lipinski definition) is 1. The third-order valence-electron chi connectivity index (χ3n) is 3.16. The quantitative estimate of drug-likeness (QED) is 0.751. The van der Waals surface area contributed by atoms with E-state index in [9.17, 15) is 8.78 Å². The first-order valence-electron chi connectivity index (χ1n) is 6.23. The molecule has 1 aliphatic rings. The summed E-state index contributed by atoms with van der Waals surface area (Å²) >= 11 is 0. The molecule has 0 unspecified atom stereocenters. The molecule has 1 heterocycles. The van der Waals surface area contributed by atoms with Gasteiger partial charge in [-0.3, -0.25) is 0 Å². The summed E-state index contributed by atoms with van der Waals surface area (Å²) in [6.45, 7) is 5.39. The van der Waals surface area contributed by atoms with Gasteiger partial charge in [0.25, 0.3) is 6.43 Å². The first-order valence-corrected chi connectivity index (χ1v) is 6.23. The van der Waals surface area contributed by atoms with Crippen molar-refractivity contribution in [2.24, 2.45) is 0 Å². The smallest absolute Gasteiger partial charge is 0.256 e. The SMILES string of the molecule is C#CC1=CC=C(c2ccc(C)cc2)N(CC(F)F)C1=C. The molecule has 0 fully saturated rings. The topological polar surface area (TPSA) is 3.24 Å². The van der Waals surface area contributed by atoms with E-state index in [0.29, 0.717) is 17.0 Å². The van der Waals surface area contributed by atoms with E-state index in [-0.39, 0.29) is 0 Å². The zero-order valence-corrected chi connectivity index (χ0v) is 11.2. The van der Waals surface area contributed by atoms with Crippen molar-refractivity contribution in [3.05, 3.63) is 65.4 Å². The minimum Gasteiger partial charge on any atom is -0.335 e. The van der Waals surface area contributed by atoms with E-state index >= 15 is 0 Å². The van der Waals surface area contributed by atoms with Gasteiger partial charge >= 0.3 is 0 Å². The number of alkyl halides is 2. The summed E-state index contributed by atoms with van der Waals surface area (Å²) < 4.78 is 25.6. The third-order valence-corrected chi connectivity index (χ3v) is 3.16. The molecule has 102 valence electrons. The molecule has 0 aromatic heterocycles. The lowest BCUT2D eigenvalue weighted by atomic mass is 10.0. The number of nitrogens with zero attached hydrogens (tertiary/aromatic N) is 1. The van der Waals surface area contributed by atoms with Gasteiger partial charge < -0.3 is 4.90 Å². The zero-order valence-electron chi connectivity index (χ0n) is 11.2. The van der Waals surface area contributed by atoms with Gasteiger partial charge in [0.05, 0.1) is 6.54 Å². The molecule has 0 amide bonds. The maximum absolute atomic E-state index is 12.8. The molecule has 3 heteroatoms. The second-order valence-electron chi connectivity index (χ2n) is 4.59. The van der Waals surface area contributed by atoms with Crippen LogP contribution >= 0.6 is 0 Å². The fourth-order valence-corrected chi connectivity index (χ4v) is 2.09. The molecule has 20 heavy (non-hydrogen) atoms. The summed E-state index contributed by atoms with van der Waals surface area (Å²) in [5.74, 6) is 2.47. The fourth-order valence-electron chi connectivity index (χ4n) is 2.09. The Morgan fingerprint density at radius 2 is 1.90 bits per heavy atom. The van der Waals surface area contributed by atoms with E-state index < -0.39 is 13.0 Å². The number of terminal acetylenes is 1. The van der Waals surface area contributed by atoms with Crippen LogP contribution in [0.1, 0.15) is 11.1 Å². The van der Waals surface area contributed by atoms with Crippen LogP contribution in [0, 0.1) is 19.3 Å². The van der Waals surface area contributed by atoms with Gasteiger partial charge in [0.15, 0.2) is 0 Å². The predicted molar refractivity (Wildman–Crippen MR) is 77.9 cm³/mol. The normalized spacial score (nSPS) is 14.9. The summed E-state index contributed by atoms with van der Waals surface area (Å²) in [7, 11) is 0. The molecule has 1 aromatic rings. The van der Waals surface area contributed by atoms with Gasteiger partial charge in [0.2, 0.25) is 0 Å². The Kier molecular flexibility index (Phi) is 4.05. The van der Waals surface area contributed by atoms with Crippen LogP contribution in [0.2, 0.25) is 0 Å². The van der Waals surface area contributed by atoms with Crippen LogP contribution in [0.3, 0.4) is 0 Å². The molecular weight excluding hydrogens is 256 g/mol. The summed E-state index contributed by atoms with van der Waals surface area (Å²) in [6, 6.07) is 7.70. The molecule has 1 aromatic carbocycles. The highest BCUT2D eigenvalue weighted by molar-refractivity contribution is 5.72. The van der Waals surface area contributed by atoms with Crippen LogP contribution in [0.4, 0.5) is 8.78 Å². The van der Waals surface area contributed by atoms with Crippen molar-refractivity contribution in [1.82, 2.24) is 4.90 Å². The van der Waals surface area contributed by atoms with E-state index in [1.165, 1.54) is 4.90 Å². The van der Waals surface area contributed by atoms with E-state index in [0.717, 1.165) is 11.1 Å². The molecule has 0 N–H and O–H groups in total. The standard InChI is InChI=1S/C17H15F2N/c1-4-14-9-10-16(15-7-5-12(2)6-8-15)20(13(14)3)11-17(18)19/h1,5-10,17H,3,11H2,2H3. The van der Waals surface area contributed by atoms with Gasteiger partial charge in [-0.25, -0.2) is 8.78 Å². The van der Waals surface area contributed by atoms with Gasteiger partial charge in [-0.1, -0.05) is 42.3 Å². The van der Waals surface area contributed by atoms with Crippen LogP contribution in [0.15, 0.2) is 54.3 Å². The number of allylic oxidation sites excluding steroid dienone is 3. The molecular formula is C17H15F2N. The van der Waals surface area contributed by atoms with Gasteiger partial charge in [0.1, 0.15) is 0 Å². The Hall–Kier alpha value is -2.34. The lowest BCUT2D eigenvalue weighted by Crippen LogP contribution is -2.29. The third kappa shape index (κ3) is 2.80. The van der Waals surface area contributed by atoms with Crippen LogP contribution in [-0.2, 0) is 0 Å². The number of aryl methyl sites for hydroxylation is 1. The molecule has 0 aliphatic carbocycles. The Labute approximate surface area is 117 Å². The molecule has 0 saturated carbocycles. The van der Waals surface area contributed by atoms with Crippen molar-refractivity contribution in [2.45, 2.75) is 13.3 Å². The second kappa shape index (κ2) is 5.75. The second-order valence-corrected chi connectivity index (χ2v) is 4.59. The van der Waals surface area contributed by atoms with Crippen molar-refractivity contribution in [3.8, 4) is 12.3 Å². The molecule has 0 saturated heterocycles. The Bertz CT molecular complexity index is 615. The van der Waals surface area contributed by atoms with Gasteiger partial charge in [-0.2, -0.15) is 0 Å². The van der Waals surface area contributed by atoms with Crippen molar-refractivity contribution >= 4 is 5.70 Å². The van der Waals surface area contributed by atoms with Crippen LogP contribution in [0.5, 0.6) is 0 Å². The number of rotatable bonds is 3. The first-order chi connectivity index (χ1) is 9.52. The highest BCUT2D eigenvalue weighted by Gasteiger charge is 2.23. The molecule has 0 radical (unpaired) electrons. The Morgan fingerprint density at radius 1 is 1.25 bits per heavy atom. The fraction of sp³-hybridized carbons (Fsp3) is 0.176. The average molecular weight is 271 g/mol.